The minimum atomic E-state index is -1.48. The van der Waals surface area contributed by atoms with Gasteiger partial charge in [-0.3, -0.25) is 9.48 Å². The van der Waals surface area contributed by atoms with Gasteiger partial charge in [-0.25, -0.2) is 0 Å². The largest absolute Gasteiger partial charge is 0.394 e. The normalized spacial score (nSPS) is 13.4. The summed E-state index contributed by atoms with van der Waals surface area (Å²) in [5.74, 6) is -0.611. The predicted molar refractivity (Wildman–Crippen MR) is 62.3 cm³/mol. The van der Waals surface area contributed by atoms with E-state index in [0.717, 1.165) is 0 Å². The van der Waals surface area contributed by atoms with Crippen LogP contribution in [0, 0.1) is 0 Å². The highest BCUT2D eigenvalue weighted by Crippen LogP contribution is 2.11. The number of nitrogens with zero attached hydrogens (tertiary/aromatic N) is 2. The molecule has 1 heterocycles. The first-order valence-corrected chi connectivity index (χ1v) is 5.37. The predicted octanol–water partition coefficient (Wildman–Crippen LogP) is -2.75. The molecule has 1 rings (SSSR count). The van der Waals surface area contributed by atoms with Crippen LogP contribution in [0.5, 0.6) is 0 Å². The third-order valence-electron chi connectivity index (χ3n) is 2.66. The lowest BCUT2D eigenvalue weighted by atomic mass is 10.0. The Kier molecular flexibility index (Phi) is 4.79. The van der Waals surface area contributed by atoms with Crippen molar-refractivity contribution in [3.63, 3.8) is 0 Å². The van der Waals surface area contributed by atoms with E-state index in [4.69, 9.17) is 21.1 Å². The van der Waals surface area contributed by atoms with Gasteiger partial charge in [-0.1, -0.05) is 0 Å². The first-order chi connectivity index (χ1) is 8.48. The zero-order chi connectivity index (χ0) is 13.8. The second-order valence-corrected chi connectivity index (χ2v) is 4.17. The lowest BCUT2D eigenvalue weighted by molar-refractivity contribution is -0.126. The van der Waals surface area contributed by atoms with Crippen LogP contribution in [0.3, 0.4) is 0 Å². The molecule has 0 saturated carbocycles. The van der Waals surface area contributed by atoms with Crippen LogP contribution >= 0.6 is 0 Å². The fourth-order valence-corrected chi connectivity index (χ4v) is 1.36. The number of hydrogen-bond donors (Lipinski definition) is 5. The number of carbonyl (C=O) groups is 1. The number of aryl methyl sites for hydroxylation is 1. The molecule has 102 valence electrons. The number of hydrogen-bond acceptors (Lipinski definition) is 6. The molecule has 8 heteroatoms. The van der Waals surface area contributed by atoms with Crippen molar-refractivity contribution < 1.29 is 20.1 Å². The van der Waals surface area contributed by atoms with Gasteiger partial charge in [-0.2, -0.15) is 5.10 Å². The molecule has 0 aliphatic heterocycles. The summed E-state index contributed by atoms with van der Waals surface area (Å²) in [6.07, 6.45) is 3.03. The van der Waals surface area contributed by atoms with Gasteiger partial charge in [0.1, 0.15) is 11.6 Å². The maximum atomic E-state index is 11.8. The molecule has 0 saturated heterocycles. The van der Waals surface area contributed by atoms with E-state index in [9.17, 15) is 4.79 Å². The van der Waals surface area contributed by atoms with Gasteiger partial charge in [0.15, 0.2) is 0 Å². The minimum absolute atomic E-state index is 0.498. The summed E-state index contributed by atoms with van der Waals surface area (Å²) in [5, 5.41) is 33.5. The number of aliphatic hydroxyl groups excluding tert-OH is 3. The number of aromatic nitrogens is 2. The summed E-state index contributed by atoms with van der Waals surface area (Å²) in [6, 6.07) is -0.984. The van der Waals surface area contributed by atoms with Crippen molar-refractivity contribution >= 4 is 5.91 Å². The maximum Gasteiger partial charge on any atom is 0.242 e. The Morgan fingerprint density at radius 2 is 2.06 bits per heavy atom. The zero-order valence-corrected chi connectivity index (χ0v) is 10.1. The van der Waals surface area contributed by atoms with E-state index < -0.39 is 37.3 Å². The van der Waals surface area contributed by atoms with E-state index in [1.54, 1.807) is 13.2 Å². The molecule has 1 unspecified atom stereocenters. The topological polar surface area (TPSA) is 134 Å². The van der Waals surface area contributed by atoms with E-state index in [1.807, 2.05) is 0 Å². The van der Waals surface area contributed by atoms with Gasteiger partial charge in [-0.05, 0) is 0 Å². The van der Waals surface area contributed by atoms with Crippen LogP contribution in [0.15, 0.2) is 12.4 Å². The van der Waals surface area contributed by atoms with Crippen molar-refractivity contribution in [2.24, 2.45) is 12.8 Å². The van der Waals surface area contributed by atoms with Crippen LogP contribution in [-0.4, -0.2) is 56.4 Å². The smallest absolute Gasteiger partial charge is 0.242 e. The molecule has 0 aliphatic carbocycles. The van der Waals surface area contributed by atoms with Crippen molar-refractivity contribution in [3.8, 4) is 0 Å². The fourth-order valence-electron chi connectivity index (χ4n) is 1.36. The molecule has 0 fully saturated rings. The van der Waals surface area contributed by atoms with Gasteiger partial charge in [-0.15, -0.1) is 0 Å². The number of amides is 1. The van der Waals surface area contributed by atoms with Gasteiger partial charge in [0.05, 0.1) is 26.0 Å². The third kappa shape index (κ3) is 3.05. The lowest BCUT2D eigenvalue weighted by Gasteiger charge is -2.29. The van der Waals surface area contributed by atoms with Crippen LogP contribution in [0.4, 0.5) is 0 Å². The number of carbonyl (C=O) groups excluding carboxylic acids is 1. The molecule has 1 aromatic rings. The molecule has 18 heavy (non-hydrogen) atoms. The molecule has 0 aliphatic rings. The molecule has 1 aromatic heterocycles. The van der Waals surface area contributed by atoms with Gasteiger partial charge >= 0.3 is 0 Å². The van der Waals surface area contributed by atoms with E-state index in [2.05, 4.69) is 10.4 Å². The van der Waals surface area contributed by atoms with Crippen molar-refractivity contribution in [1.29, 1.82) is 0 Å². The summed E-state index contributed by atoms with van der Waals surface area (Å²) >= 11 is 0. The molecular weight excluding hydrogens is 240 g/mol. The fraction of sp³-hybridized carbons (Fsp3) is 0.600. The SMILES string of the molecule is Cn1cc(C(N)C(=O)NC(CO)(CO)CO)cn1. The highest BCUT2D eigenvalue weighted by Gasteiger charge is 2.32. The third-order valence-corrected chi connectivity index (χ3v) is 2.66. The Morgan fingerprint density at radius 1 is 1.50 bits per heavy atom. The number of aliphatic hydroxyl groups is 3. The quantitative estimate of drug-likeness (QED) is 0.375. The Bertz CT molecular complexity index is 394. The van der Waals surface area contributed by atoms with Crippen molar-refractivity contribution in [1.82, 2.24) is 15.1 Å². The highest BCUT2D eigenvalue weighted by atomic mass is 16.3. The van der Waals surface area contributed by atoms with Crippen LogP contribution in [0.25, 0.3) is 0 Å². The molecule has 6 N–H and O–H groups in total. The van der Waals surface area contributed by atoms with Crippen molar-refractivity contribution in [3.05, 3.63) is 18.0 Å². The molecular formula is C10H18N4O4. The van der Waals surface area contributed by atoms with Gasteiger partial charge in [0, 0.05) is 18.8 Å². The first kappa shape index (κ1) is 14.6. The molecule has 0 aromatic carbocycles. The average molecular weight is 258 g/mol. The van der Waals surface area contributed by atoms with Crippen molar-refractivity contribution in [2.75, 3.05) is 19.8 Å². The van der Waals surface area contributed by atoms with E-state index >= 15 is 0 Å². The summed E-state index contributed by atoms with van der Waals surface area (Å²) in [4.78, 5) is 11.8. The number of rotatable bonds is 6. The van der Waals surface area contributed by atoms with Crippen LogP contribution in [-0.2, 0) is 11.8 Å². The number of nitrogens with one attached hydrogen (secondary N) is 1. The summed E-state index contributed by atoms with van der Waals surface area (Å²) < 4.78 is 1.50. The van der Waals surface area contributed by atoms with Gasteiger partial charge in [0.25, 0.3) is 0 Å². The molecule has 8 nitrogen and oxygen atoms in total. The van der Waals surface area contributed by atoms with E-state index in [1.165, 1.54) is 10.9 Å². The first-order valence-electron chi connectivity index (χ1n) is 5.37. The van der Waals surface area contributed by atoms with Gasteiger partial charge in [0.2, 0.25) is 5.91 Å². The highest BCUT2D eigenvalue weighted by molar-refractivity contribution is 5.83. The Hall–Kier alpha value is -1.48. The second kappa shape index (κ2) is 5.91. The summed E-state index contributed by atoms with van der Waals surface area (Å²) in [7, 11) is 1.69. The average Bonchev–Trinajstić information content (AvgIpc) is 2.81. The molecule has 0 spiro atoms. The summed E-state index contributed by atoms with van der Waals surface area (Å²) in [6.45, 7) is -1.78. The van der Waals surface area contributed by atoms with E-state index in [0.29, 0.717) is 5.56 Å². The molecule has 0 bridgehead atoms. The maximum absolute atomic E-state index is 11.8. The summed E-state index contributed by atoms with van der Waals surface area (Å²) in [5.41, 5.74) is 4.74. The lowest BCUT2D eigenvalue weighted by Crippen LogP contribution is -2.58. The number of nitrogens with two attached hydrogens (primary N) is 1. The molecule has 1 amide bonds. The molecule has 0 radical (unpaired) electrons. The van der Waals surface area contributed by atoms with Gasteiger partial charge < -0.3 is 26.4 Å². The second-order valence-electron chi connectivity index (χ2n) is 4.17. The van der Waals surface area contributed by atoms with Crippen LogP contribution < -0.4 is 11.1 Å². The van der Waals surface area contributed by atoms with Crippen LogP contribution in [0.1, 0.15) is 11.6 Å². The van der Waals surface area contributed by atoms with Crippen LogP contribution in [0.2, 0.25) is 0 Å². The zero-order valence-electron chi connectivity index (χ0n) is 10.1. The minimum Gasteiger partial charge on any atom is -0.394 e. The monoisotopic (exact) mass is 258 g/mol. The molecule has 1 atom stereocenters. The standard InChI is InChI=1S/C10H18N4O4/c1-14-3-7(2-12-14)8(11)9(18)13-10(4-15,5-16)6-17/h2-3,8,15-17H,4-6,11H2,1H3,(H,13,18). The Morgan fingerprint density at radius 3 is 2.44 bits per heavy atom. The van der Waals surface area contributed by atoms with E-state index in [-0.39, 0.29) is 0 Å². The Balaban J connectivity index is 2.76. The Labute approximate surface area is 104 Å². The van der Waals surface area contributed by atoms with Crippen molar-refractivity contribution in [2.45, 2.75) is 11.6 Å².